The number of carboxylic acid groups (broad SMARTS) is 1. The monoisotopic (exact) mass is 403 g/mol. The summed E-state index contributed by atoms with van der Waals surface area (Å²) < 4.78 is 0.501. The normalized spacial score (nSPS) is 14.9. The molecule has 0 unspecified atom stereocenters. The molecule has 2 aromatic carbocycles. The first-order valence-electron chi connectivity index (χ1n) is 7.82. The average Bonchev–Trinajstić information content (AvgIpc) is 2.93. The van der Waals surface area contributed by atoms with Crippen LogP contribution < -0.4 is 0 Å². The van der Waals surface area contributed by atoms with Crippen LogP contribution in [0.2, 0.25) is 0 Å². The van der Waals surface area contributed by atoms with Gasteiger partial charge in [-0.25, -0.2) is 4.79 Å². The van der Waals surface area contributed by atoms with Gasteiger partial charge in [-0.3, -0.25) is 9.69 Å². The van der Waals surface area contributed by atoms with Gasteiger partial charge < -0.3 is 15.3 Å². The lowest BCUT2D eigenvalue weighted by Crippen LogP contribution is -2.27. The third-order valence-electron chi connectivity index (χ3n) is 3.54. The number of phenols is 2. The summed E-state index contributed by atoms with van der Waals surface area (Å²) in [5.74, 6) is -1.39. The van der Waals surface area contributed by atoms with Crippen LogP contribution in [0.25, 0.3) is 0 Å². The molecule has 1 aliphatic heterocycles. The number of benzene rings is 2. The van der Waals surface area contributed by atoms with E-state index in [9.17, 15) is 19.8 Å². The van der Waals surface area contributed by atoms with Crippen molar-refractivity contribution in [1.82, 2.24) is 4.90 Å². The standard InChI is InChI=1S/C12H11NO3S2.C7H6O2/c1-2-10-11(16)13(12(17)18-10)6-7-3-4-8(14)9(15)5-7;8-7(9)6-4-2-1-3-5-6/h2-5,14-15H,6H2,1H3;1-5H,(H,8,9)/b10-2-;. The molecule has 1 heterocycles. The Morgan fingerprint density at radius 1 is 1.15 bits per heavy atom. The summed E-state index contributed by atoms with van der Waals surface area (Å²) in [6.45, 7) is 2.08. The summed E-state index contributed by atoms with van der Waals surface area (Å²) in [4.78, 5) is 24.2. The van der Waals surface area contributed by atoms with Crippen LogP contribution in [0.1, 0.15) is 22.8 Å². The SMILES string of the molecule is C/C=C1\SC(=S)N(Cc2ccc(O)c(O)c2)C1=O.O=C(O)c1ccccc1. The van der Waals surface area contributed by atoms with Gasteiger partial charge in [0.15, 0.2) is 11.5 Å². The zero-order chi connectivity index (χ0) is 20.0. The molecule has 2 aromatic rings. The van der Waals surface area contributed by atoms with Gasteiger partial charge in [-0.2, -0.15) is 0 Å². The number of phenolic OH excluding ortho intramolecular Hbond substituents is 2. The summed E-state index contributed by atoms with van der Waals surface area (Å²) in [5, 5.41) is 27.0. The summed E-state index contributed by atoms with van der Waals surface area (Å²) in [6, 6.07) is 12.7. The molecule has 0 aliphatic carbocycles. The van der Waals surface area contributed by atoms with Crippen molar-refractivity contribution in [3.8, 4) is 11.5 Å². The number of nitrogens with zero attached hydrogens (tertiary/aromatic N) is 1. The van der Waals surface area contributed by atoms with Crippen molar-refractivity contribution in [1.29, 1.82) is 0 Å². The van der Waals surface area contributed by atoms with Gasteiger partial charge in [-0.15, -0.1) is 0 Å². The van der Waals surface area contributed by atoms with Crippen molar-refractivity contribution in [2.45, 2.75) is 13.5 Å². The molecule has 1 fully saturated rings. The van der Waals surface area contributed by atoms with Crippen molar-refractivity contribution in [3.05, 3.63) is 70.6 Å². The minimum absolute atomic E-state index is 0.125. The molecule has 0 saturated carbocycles. The molecule has 27 heavy (non-hydrogen) atoms. The zero-order valence-electron chi connectivity index (χ0n) is 14.3. The minimum atomic E-state index is -0.879. The maximum atomic E-state index is 11.9. The van der Waals surface area contributed by atoms with Crippen LogP contribution in [0.3, 0.4) is 0 Å². The second-order valence-corrected chi connectivity index (χ2v) is 7.08. The number of aromatic hydroxyl groups is 2. The fraction of sp³-hybridized carbons (Fsp3) is 0.105. The smallest absolute Gasteiger partial charge is 0.335 e. The van der Waals surface area contributed by atoms with Crippen molar-refractivity contribution in [3.63, 3.8) is 0 Å². The Bertz CT molecular complexity index is 896. The lowest BCUT2D eigenvalue weighted by molar-refractivity contribution is -0.122. The molecular formula is C19H17NO5S2. The molecule has 0 spiro atoms. The van der Waals surface area contributed by atoms with Crippen LogP contribution >= 0.6 is 24.0 Å². The molecule has 3 rings (SSSR count). The Balaban J connectivity index is 0.000000244. The molecule has 0 aromatic heterocycles. The molecule has 0 atom stereocenters. The fourth-order valence-corrected chi connectivity index (χ4v) is 3.34. The number of carboxylic acids is 1. The van der Waals surface area contributed by atoms with Gasteiger partial charge in [-0.1, -0.05) is 54.3 Å². The highest BCUT2D eigenvalue weighted by Crippen LogP contribution is 2.33. The number of aromatic carboxylic acids is 1. The van der Waals surface area contributed by atoms with Crippen molar-refractivity contribution in [2.75, 3.05) is 0 Å². The van der Waals surface area contributed by atoms with E-state index in [0.717, 1.165) is 0 Å². The second kappa shape index (κ2) is 9.20. The van der Waals surface area contributed by atoms with Gasteiger partial charge in [0.25, 0.3) is 5.91 Å². The first-order valence-corrected chi connectivity index (χ1v) is 9.05. The van der Waals surface area contributed by atoms with E-state index in [2.05, 4.69) is 0 Å². The zero-order valence-corrected chi connectivity index (χ0v) is 16.0. The maximum Gasteiger partial charge on any atom is 0.335 e. The Morgan fingerprint density at radius 2 is 1.81 bits per heavy atom. The topological polar surface area (TPSA) is 98.1 Å². The van der Waals surface area contributed by atoms with Crippen LogP contribution in [-0.4, -0.2) is 36.4 Å². The molecule has 0 bridgehead atoms. The lowest BCUT2D eigenvalue weighted by Gasteiger charge is -2.14. The Hall–Kier alpha value is -2.84. The first-order chi connectivity index (χ1) is 12.8. The third kappa shape index (κ3) is 5.32. The number of thioether (sulfide) groups is 1. The van der Waals surface area contributed by atoms with Crippen LogP contribution in [-0.2, 0) is 11.3 Å². The highest BCUT2D eigenvalue weighted by Gasteiger charge is 2.31. The van der Waals surface area contributed by atoms with Gasteiger partial charge in [-0.05, 0) is 36.8 Å². The molecule has 3 N–H and O–H groups in total. The van der Waals surface area contributed by atoms with Gasteiger partial charge in [0.05, 0.1) is 17.0 Å². The number of allylic oxidation sites excluding steroid dienone is 1. The number of carbonyl (C=O) groups excluding carboxylic acids is 1. The van der Waals surface area contributed by atoms with E-state index in [0.29, 0.717) is 20.4 Å². The van der Waals surface area contributed by atoms with Gasteiger partial charge in [0.1, 0.15) is 4.32 Å². The molecular weight excluding hydrogens is 386 g/mol. The van der Waals surface area contributed by atoms with Gasteiger partial charge in [0, 0.05) is 0 Å². The van der Waals surface area contributed by atoms with Gasteiger partial charge in [0.2, 0.25) is 0 Å². The number of rotatable bonds is 3. The number of thiocarbonyl (C=S) groups is 1. The molecule has 1 saturated heterocycles. The quantitative estimate of drug-likeness (QED) is 0.408. The largest absolute Gasteiger partial charge is 0.504 e. The fourth-order valence-electron chi connectivity index (χ4n) is 2.16. The van der Waals surface area contributed by atoms with Crippen molar-refractivity contribution >= 4 is 40.2 Å². The first kappa shape index (κ1) is 20.5. The van der Waals surface area contributed by atoms with Crippen molar-refractivity contribution in [2.24, 2.45) is 0 Å². The lowest BCUT2D eigenvalue weighted by atomic mass is 10.2. The predicted octanol–water partition coefficient (Wildman–Crippen LogP) is 3.75. The molecule has 140 valence electrons. The van der Waals surface area contributed by atoms with E-state index in [1.54, 1.807) is 49.4 Å². The highest BCUT2D eigenvalue weighted by molar-refractivity contribution is 8.26. The number of amides is 1. The molecule has 0 radical (unpaired) electrons. The molecule has 8 heteroatoms. The summed E-state index contributed by atoms with van der Waals surface area (Å²) in [6.07, 6.45) is 1.73. The molecule has 6 nitrogen and oxygen atoms in total. The van der Waals surface area contributed by atoms with Crippen LogP contribution in [0.15, 0.2) is 59.5 Å². The summed E-state index contributed by atoms with van der Waals surface area (Å²) in [5.41, 5.74) is 1.04. The minimum Gasteiger partial charge on any atom is -0.504 e. The molecule has 1 aliphatic rings. The Labute approximate surface area is 165 Å². The summed E-state index contributed by atoms with van der Waals surface area (Å²) >= 11 is 6.40. The third-order valence-corrected chi connectivity index (χ3v) is 5.03. The van der Waals surface area contributed by atoms with Crippen LogP contribution in [0.5, 0.6) is 11.5 Å². The van der Waals surface area contributed by atoms with Crippen LogP contribution in [0, 0.1) is 0 Å². The van der Waals surface area contributed by atoms with Crippen molar-refractivity contribution < 1.29 is 24.9 Å². The van der Waals surface area contributed by atoms with Crippen LogP contribution in [0.4, 0.5) is 0 Å². The van der Waals surface area contributed by atoms with E-state index < -0.39 is 5.97 Å². The number of hydrogen-bond donors (Lipinski definition) is 3. The van der Waals surface area contributed by atoms with Gasteiger partial charge >= 0.3 is 5.97 Å². The maximum absolute atomic E-state index is 11.9. The second-order valence-electron chi connectivity index (χ2n) is 5.41. The highest BCUT2D eigenvalue weighted by atomic mass is 32.2. The molecule has 1 amide bonds. The van der Waals surface area contributed by atoms with E-state index in [4.69, 9.17) is 17.3 Å². The summed E-state index contributed by atoms with van der Waals surface area (Å²) in [7, 11) is 0. The average molecular weight is 403 g/mol. The predicted molar refractivity (Wildman–Crippen MR) is 108 cm³/mol. The Kier molecular flexibility index (Phi) is 6.98. The van der Waals surface area contributed by atoms with E-state index in [1.165, 1.54) is 28.8 Å². The van der Waals surface area contributed by atoms with E-state index in [-0.39, 0.29) is 24.0 Å². The number of carbonyl (C=O) groups is 2. The van der Waals surface area contributed by atoms with E-state index in [1.807, 2.05) is 0 Å². The Morgan fingerprint density at radius 3 is 2.30 bits per heavy atom. The number of hydrogen-bond acceptors (Lipinski definition) is 6. The van der Waals surface area contributed by atoms with E-state index >= 15 is 0 Å².